The number of likely N-dealkylation sites (tertiary alicyclic amines) is 1. The highest BCUT2D eigenvalue weighted by molar-refractivity contribution is 7.87. The van der Waals surface area contributed by atoms with E-state index in [1.54, 1.807) is 11.7 Å². The van der Waals surface area contributed by atoms with E-state index in [1.807, 2.05) is 13.0 Å². The fourth-order valence-electron chi connectivity index (χ4n) is 2.09. The van der Waals surface area contributed by atoms with E-state index in [1.165, 1.54) is 4.90 Å². The van der Waals surface area contributed by atoms with Crippen molar-refractivity contribution in [1.82, 2.24) is 14.7 Å². The summed E-state index contributed by atoms with van der Waals surface area (Å²) in [4.78, 5) is 13.0. The van der Waals surface area contributed by atoms with Gasteiger partial charge in [-0.25, -0.2) is 0 Å². The van der Waals surface area contributed by atoms with Gasteiger partial charge in [-0.3, -0.25) is 9.48 Å². The Morgan fingerprint density at radius 1 is 1.56 bits per heavy atom. The van der Waals surface area contributed by atoms with E-state index < -0.39 is 15.5 Å². The van der Waals surface area contributed by atoms with Crippen LogP contribution in [0, 0.1) is 6.92 Å². The van der Waals surface area contributed by atoms with Crippen LogP contribution in [0.25, 0.3) is 0 Å². The summed E-state index contributed by atoms with van der Waals surface area (Å²) in [6, 6.07) is 1.81. The van der Waals surface area contributed by atoms with Gasteiger partial charge in [0, 0.05) is 20.0 Å². The number of hydrogen-bond acceptors (Lipinski definition) is 4. The number of carbonyl (C=O) groups is 1. The molecule has 6 nitrogen and oxygen atoms in total. The Morgan fingerprint density at radius 3 is 2.67 bits per heavy atom. The number of hydrogen-bond donors (Lipinski definition) is 0. The normalized spacial score (nSPS) is 20.7. The first-order valence-corrected chi connectivity index (χ1v) is 6.93. The van der Waals surface area contributed by atoms with Crippen LogP contribution in [0.4, 0.5) is 3.89 Å². The van der Waals surface area contributed by atoms with E-state index in [0.29, 0.717) is 0 Å². The van der Waals surface area contributed by atoms with Crippen molar-refractivity contribution >= 4 is 16.1 Å². The Bertz CT molecular complexity index is 581. The third kappa shape index (κ3) is 2.53. The second kappa shape index (κ2) is 4.34. The average Bonchev–Trinajstić information content (AvgIpc) is 2.72. The number of aromatic nitrogens is 2. The highest BCUT2D eigenvalue weighted by Gasteiger charge is 2.38. The van der Waals surface area contributed by atoms with Crippen molar-refractivity contribution in [3.63, 3.8) is 0 Å². The highest BCUT2D eigenvalue weighted by atomic mass is 32.3. The third-order valence-corrected chi connectivity index (χ3v) is 4.14. The Labute approximate surface area is 105 Å². The molecule has 2 heterocycles. The zero-order chi connectivity index (χ0) is 13.5. The molecule has 0 bridgehead atoms. The van der Waals surface area contributed by atoms with Gasteiger partial charge in [0.2, 0.25) is 5.91 Å². The molecule has 0 N–H and O–H groups in total. The minimum atomic E-state index is -4.65. The summed E-state index contributed by atoms with van der Waals surface area (Å²) in [5, 5.41) is 2.90. The van der Waals surface area contributed by atoms with Crippen molar-refractivity contribution < 1.29 is 17.1 Å². The molecule has 0 radical (unpaired) electrons. The van der Waals surface area contributed by atoms with Crippen LogP contribution in [0.3, 0.4) is 0 Å². The molecule has 1 aromatic rings. The van der Waals surface area contributed by atoms with Crippen molar-refractivity contribution in [2.45, 2.75) is 25.1 Å². The molecular formula is C10H14FN3O3S. The average molecular weight is 275 g/mol. The second-order valence-electron chi connectivity index (χ2n) is 4.48. The van der Waals surface area contributed by atoms with Gasteiger partial charge in [-0.1, -0.05) is 0 Å². The predicted octanol–water partition coefficient (Wildman–Crippen LogP) is 0.129. The van der Waals surface area contributed by atoms with Gasteiger partial charge in [0.25, 0.3) is 0 Å². The Hall–Kier alpha value is -1.44. The molecule has 1 unspecified atom stereocenters. The molecule has 1 saturated heterocycles. The van der Waals surface area contributed by atoms with Gasteiger partial charge in [-0.15, -0.1) is 3.89 Å². The van der Waals surface area contributed by atoms with Crippen molar-refractivity contribution in [2.24, 2.45) is 7.05 Å². The summed E-state index contributed by atoms with van der Waals surface area (Å²) in [5.74, 6) is -0.347. The molecule has 18 heavy (non-hydrogen) atoms. The number of nitrogens with zero attached hydrogens (tertiary/aromatic N) is 3. The number of amides is 1. The fraction of sp³-hybridized carbons (Fsp3) is 0.600. The maximum absolute atomic E-state index is 12.8. The highest BCUT2D eigenvalue weighted by Crippen LogP contribution is 2.21. The quantitative estimate of drug-likeness (QED) is 0.735. The minimum absolute atomic E-state index is 0.0953. The fourth-order valence-corrected chi connectivity index (χ4v) is 2.78. The van der Waals surface area contributed by atoms with Crippen LogP contribution in [-0.2, 0) is 28.6 Å². The third-order valence-electron chi connectivity index (χ3n) is 3.03. The summed E-state index contributed by atoms with van der Waals surface area (Å²) < 4.78 is 36.0. The van der Waals surface area contributed by atoms with E-state index in [4.69, 9.17) is 0 Å². The molecule has 1 amide bonds. The summed E-state index contributed by atoms with van der Waals surface area (Å²) >= 11 is 0. The SMILES string of the molecule is Cc1cc(CN2CC(S(=O)(=O)F)CC2=O)n(C)n1. The first-order valence-electron chi connectivity index (χ1n) is 5.48. The monoisotopic (exact) mass is 275 g/mol. The van der Waals surface area contributed by atoms with Crippen LogP contribution in [0.5, 0.6) is 0 Å². The lowest BCUT2D eigenvalue weighted by Gasteiger charge is -2.15. The Morgan fingerprint density at radius 2 is 2.22 bits per heavy atom. The predicted molar refractivity (Wildman–Crippen MR) is 61.8 cm³/mol. The first kappa shape index (κ1) is 13.0. The van der Waals surface area contributed by atoms with Gasteiger partial charge in [0.1, 0.15) is 5.25 Å². The lowest BCUT2D eigenvalue weighted by molar-refractivity contribution is -0.128. The van der Waals surface area contributed by atoms with E-state index >= 15 is 0 Å². The van der Waals surface area contributed by atoms with E-state index in [2.05, 4.69) is 5.10 Å². The Kier molecular flexibility index (Phi) is 3.14. The molecule has 1 aliphatic heterocycles. The van der Waals surface area contributed by atoms with E-state index in [9.17, 15) is 17.1 Å². The van der Waals surface area contributed by atoms with Gasteiger partial charge in [0.05, 0.1) is 17.9 Å². The molecule has 2 rings (SSSR count). The maximum atomic E-state index is 12.8. The van der Waals surface area contributed by atoms with Crippen LogP contribution < -0.4 is 0 Å². The number of aryl methyl sites for hydroxylation is 2. The number of rotatable bonds is 3. The summed E-state index contributed by atoms with van der Waals surface area (Å²) in [5.41, 5.74) is 1.60. The molecule has 100 valence electrons. The van der Waals surface area contributed by atoms with Gasteiger partial charge in [-0.2, -0.15) is 13.5 Å². The van der Waals surface area contributed by atoms with Gasteiger partial charge >= 0.3 is 10.2 Å². The maximum Gasteiger partial charge on any atom is 0.307 e. The van der Waals surface area contributed by atoms with E-state index in [-0.39, 0.29) is 25.4 Å². The summed E-state index contributed by atoms with van der Waals surface area (Å²) in [6.07, 6.45) is -0.282. The van der Waals surface area contributed by atoms with Crippen LogP contribution in [0.15, 0.2) is 6.07 Å². The van der Waals surface area contributed by atoms with Gasteiger partial charge in [-0.05, 0) is 13.0 Å². The second-order valence-corrected chi connectivity index (χ2v) is 6.09. The largest absolute Gasteiger partial charge is 0.335 e. The van der Waals surface area contributed by atoms with Crippen LogP contribution >= 0.6 is 0 Å². The van der Waals surface area contributed by atoms with Crippen molar-refractivity contribution in [3.8, 4) is 0 Å². The molecule has 0 saturated carbocycles. The van der Waals surface area contributed by atoms with Crippen LogP contribution in [0.2, 0.25) is 0 Å². The topological polar surface area (TPSA) is 72.3 Å². The Balaban J connectivity index is 2.12. The minimum Gasteiger partial charge on any atom is -0.335 e. The van der Waals surface area contributed by atoms with Crippen molar-refractivity contribution in [3.05, 3.63) is 17.5 Å². The smallest absolute Gasteiger partial charge is 0.307 e. The molecule has 1 fully saturated rings. The summed E-state index contributed by atoms with van der Waals surface area (Å²) in [7, 11) is -2.91. The standard InChI is InChI=1S/C10H14FN3O3S/c1-7-3-8(13(2)12-7)5-14-6-9(4-10(14)15)18(11,16)17/h3,9H,4-6H2,1-2H3. The zero-order valence-corrected chi connectivity index (χ0v) is 10.9. The number of carbonyl (C=O) groups excluding carboxylic acids is 1. The lowest BCUT2D eigenvalue weighted by atomic mass is 10.3. The number of halogens is 1. The molecule has 1 aliphatic rings. The molecule has 1 aromatic heterocycles. The molecule has 1 atom stereocenters. The summed E-state index contributed by atoms with van der Waals surface area (Å²) in [6.45, 7) is 1.98. The van der Waals surface area contributed by atoms with Gasteiger partial charge < -0.3 is 4.90 Å². The van der Waals surface area contributed by atoms with Crippen LogP contribution in [-0.4, -0.2) is 40.8 Å². The molecule has 0 aliphatic carbocycles. The van der Waals surface area contributed by atoms with Crippen molar-refractivity contribution in [2.75, 3.05) is 6.54 Å². The van der Waals surface area contributed by atoms with Gasteiger partial charge in [0.15, 0.2) is 0 Å². The lowest BCUT2D eigenvalue weighted by Crippen LogP contribution is -2.27. The molecule has 0 spiro atoms. The molecule has 8 heteroatoms. The van der Waals surface area contributed by atoms with Crippen molar-refractivity contribution in [1.29, 1.82) is 0 Å². The molecule has 0 aromatic carbocycles. The molecular weight excluding hydrogens is 261 g/mol. The zero-order valence-electron chi connectivity index (χ0n) is 10.1. The van der Waals surface area contributed by atoms with Crippen LogP contribution in [0.1, 0.15) is 17.8 Å². The first-order chi connectivity index (χ1) is 8.27. The van der Waals surface area contributed by atoms with E-state index in [0.717, 1.165) is 11.4 Å².